The molecule has 0 unspecified atom stereocenters. The van der Waals surface area contributed by atoms with Crippen molar-refractivity contribution in [2.24, 2.45) is 0 Å². The zero-order valence-electron chi connectivity index (χ0n) is 11.4. The van der Waals surface area contributed by atoms with Gasteiger partial charge >= 0.3 is 5.97 Å². The van der Waals surface area contributed by atoms with Crippen LogP contribution in [0, 0.1) is 6.92 Å². The summed E-state index contributed by atoms with van der Waals surface area (Å²) >= 11 is 0. The third-order valence-corrected chi connectivity index (χ3v) is 2.67. The second-order valence-corrected chi connectivity index (χ2v) is 4.42. The third-order valence-electron chi connectivity index (χ3n) is 2.67. The molecule has 2 aromatic rings. The van der Waals surface area contributed by atoms with Crippen LogP contribution in [-0.4, -0.2) is 28.6 Å². The number of hydrogen-bond acceptors (Lipinski definition) is 4. The van der Waals surface area contributed by atoms with Gasteiger partial charge < -0.3 is 15.2 Å². The van der Waals surface area contributed by atoms with Gasteiger partial charge in [-0.1, -0.05) is 17.7 Å². The van der Waals surface area contributed by atoms with Gasteiger partial charge in [0.15, 0.2) is 6.61 Å². The van der Waals surface area contributed by atoms with Crippen molar-refractivity contribution in [3.05, 3.63) is 53.9 Å². The number of aromatic nitrogens is 1. The summed E-state index contributed by atoms with van der Waals surface area (Å²) in [4.78, 5) is 26.2. The number of carbonyl (C=O) groups excluding carboxylic acids is 1. The lowest BCUT2D eigenvalue weighted by molar-refractivity contribution is -0.118. The van der Waals surface area contributed by atoms with Crippen molar-refractivity contribution in [3.8, 4) is 5.75 Å². The molecule has 6 nitrogen and oxygen atoms in total. The minimum absolute atomic E-state index is 0.00597. The average Bonchev–Trinajstić information content (AvgIpc) is 2.48. The molecule has 0 saturated carbocycles. The molecule has 0 bridgehead atoms. The Balaban J connectivity index is 1.90. The number of amides is 1. The van der Waals surface area contributed by atoms with Crippen LogP contribution in [0.5, 0.6) is 5.75 Å². The van der Waals surface area contributed by atoms with Crippen LogP contribution in [0.1, 0.15) is 15.9 Å². The number of nitrogens with one attached hydrogen (secondary N) is 1. The first-order valence-electron chi connectivity index (χ1n) is 6.22. The Hall–Kier alpha value is -2.89. The Bertz CT molecular complexity index is 653. The highest BCUT2D eigenvalue weighted by atomic mass is 16.5. The molecule has 0 spiro atoms. The molecule has 1 aromatic heterocycles. The number of hydrogen-bond donors (Lipinski definition) is 2. The first-order chi connectivity index (χ1) is 10.0. The normalized spacial score (nSPS) is 9.95. The molecule has 0 aliphatic carbocycles. The van der Waals surface area contributed by atoms with Crippen LogP contribution in [0.3, 0.4) is 0 Å². The van der Waals surface area contributed by atoms with Crippen LogP contribution in [0.4, 0.5) is 5.69 Å². The number of aryl methyl sites for hydroxylation is 1. The summed E-state index contributed by atoms with van der Waals surface area (Å²) in [5.74, 6) is -1.20. The molecular weight excluding hydrogens is 272 g/mol. The smallest absolute Gasteiger partial charge is 0.337 e. The molecule has 0 aliphatic rings. The second kappa shape index (κ2) is 6.51. The largest absolute Gasteiger partial charge is 0.482 e. The summed E-state index contributed by atoms with van der Waals surface area (Å²) in [6.45, 7) is 1.73. The molecule has 0 atom stereocenters. The van der Waals surface area contributed by atoms with Crippen LogP contribution in [0.25, 0.3) is 0 Å². The van der Waals surface area contributed by atoms with Crippen molar-refractivity contribution < 1.29 is 19.4 Å². The van der Waals surface area contributed by atoms with Crippen LogP contribution in [0.15, 0.2) is 42.7 Å². The summed E-state index contributed by atoms with van der Waals surface area (Å²) < 4.78 is 5.22. The maximum absolute atomic E-state index is 11.7. The number of carbonyl (C=O) groups is 2. The fourth-order valence-electron chi connectivity index (χ4n) is 1.60. The number of nitrogens with zero attached hydrogens (tertiary/aromatic N) is 1. The van der Waals surface area contributed by atoms with E-state index >= 15 is 0 Å². The highest BCUT2D eigenvalue weighted by Gasteiger charge is 2.07. The van der Waals surface area contributed by atoms with E-state index < -0.39 is 5.97 Å². The zero-order chi connectivity index (χ0) is 15.2. The van der Waals surface area contributed by atoms with Gasteiger partial charge in [-0.3, -0.25) is 9.78 Å². The van der Waals surface area contributed by atoms with Gasteiger partial charge in [0.05, 0.1) is 11.8 Å². The first kappa shape index (κ1) is 14.5. The molecule has 0 aliphatic heterocycles. The summed E-state index contributed by atoms with van der Waals surface area (Å²) in [5.41, 5.74) is 1.78. The van der Waals surface area contributed by atoms with Crippen LogP contribution < -0.4 is 10.1 Å². The molecular formula is C15H14N2O4. The van der Waals surface area contributed by atoms with Crippen molar-refractivity contribution in [2.75, 3.05) is 11.9 Å². The van der Waals surface area contributed by atoms with Gasteiger partial charge in [-0.05, 0) is 25.1 Å². The van der Waals surface area contributed by atoms with E-state index in [9.17, 15) is 9.59 Å². The van der Waals surface area contributed by atoms with Gasteiger partial charge in [0.25, 0.3) is 5.91 Å². The Morgan fingerprint density at radius 2 is 1.95 bits per heavy atom. The SMILES string of the molecule is Cc1ccc(NC(=O)COc2cncc(C(=O)O)c2)cc1. The number of ether oxygens (including phenoxy) is 1. The molecule has 2 N–H and O–H groups in total. The monoisotopic (exact) mass is 286 g/mol. The average molecular weight is 286 g/mol. The minimum atomic E-state index is -1.10. The van der Waals surface area contributed by atoms with E-state index in [0.29, 0.717) is 5.69 Å². The highest BCUT2D eigenvalue weighted by molar-refractivity contribution is 5.92. The lowest BCUT2D eigenvalue weighted by Crippen LogP contribution is -2.20. The number of carboxylic acid groups (broad SMARTS) is 1. The summed E-state index contributed by atoms with van der Waals surface area (Å²) in [5, 5.41) is 11.5. The molecule has 1 aromatic carbocycles. The molecule has 1 heterocycles. The van der Waals surface area contributed by atoms with Crippen molar-refractivity contribution >= 4 is 17.6 Å². The van der Waals surface area contributed by atoms with E-state index in [-0.39, 0.29) is 23.8 Å². The number of anilines is 1. The molecule has 0 saturated heterocycles. The molecule has 0 fully saturated rings. The van der Waals surface area contributed by atoms with E-state index in [1.807, 2.05) is 19.1 Å². The minimum Gasteiger partial charge on any atom is -0.482 e. The van der Waals surface area contributed by atoms with Crippen molar-refractivity contribution in [1.82, 2.24) is 4.98 Å². The topological polar surface area (TPSA) is 88.5 Å². The maximum Gasteiger partial charge on any atom is 0.337 e. The fourth-order valence-corrected chi connectivity index (χ4v) is 1.60. The Labute approximate surface area is 121 Å². The number of rotatable bonds is 5. The third kappa shape index (κ3) is 4.31. The van der Waals surface area contributed by atoms with Gasteiger partial charge in [-0.25, -0.2) is 4.79 Å². The Kier molecular flexibility index (Phi) is 4.50. The fraction of sp³-hybridized carbons (Fsp3) is 0.133. The number of benzene rings is 1. The molecule has 21 heavy (non-hydrogen) atoms. The predicted octanol–water partition coefficient (Wildman–Crippen LogP) is 2.11. The van der Waals surface area contributed by atoms with E-state index in [1.165, 1.54) is 18.5 Å². The number of carboxylic acids is 1. The molecule has 0 radical (unpaired) electrons. The van der Waals surface area contributed by atoms with E-state index in [1.54, 1.807) is 12.1 Å². The molecule has 108 valence electrons. The van der Waals surface area contributed by atoms with Crippen molar-refractivity contribution in [2.45, 2.75) is 6.92 Å². The zero-order valence-corrected chi connectivity index (χ0v) is 11.4. The summed E-state index contributed by atoms with van der Waals surface area (Å²) in [6.07, 6.45) is 2.56. The van der Waals surface area contributed by atoms with Gasteiger partial charge in [0.2, 0.25) is 0 Å². The molecule has 6 heteroatoms. The van der Waals surface area contributed by atoms with E-state index in [2.05, 4.69) is 10.3 Å². The second-order valence-electron chi connectivity index (χ2n) is 4.42. The highest BCUT2D eigenvalue weighted by Crippen LogP contribution is 2.12. The van der Waals surface area contributed by atoms with Gasteiger partial charge in [-0.2, -0.15) is 0 Å². The van der Waals surface area contributed by atoms with Crippen molar-refractivity contribution in [3.63, 3.8) is 0 Å². The standard InChI is InChI=1S/C15H14N2O4/c1-10-2-4-12(5-3-10)17-14(18)9-21-13-6-11(15(19)20)7-16-8-13/h2-8H,9H2,1H3,(H,17,18)(H,19,20). The first-order valence-corrected chi connectivity index (χ1v) is 6.22. The van der Waals surface area contributed by atoms with Gasteiger partial charge in [0.1, 0.15) is 5.75 Å². The van der Waals surface area contributed by atoms with Crippen LogP contribution >= 0.6 is 0 Å². The van der Waals surface area contributed by atoms with E-state index in [4.69, 9.17) is 9.84 Å². The molecule has 1 amide bonds. The van der Waals surface area contributed by atoms with E-state index in [0.717, 1.165) is 5.56 Å². The lowest BCUT2D eigenvalue weighted by atomic mass is 10.2. The van der Waals surface area contributed by atoms with Crippen molar-refractivity contribution in [1.29, 1.82) is 0 Å². The number of aromatic carboxylic acids is 1. The lowest BCUT2D eigenvalue weighted by Gasteiger charge is -2.08. The quantitative estimate of drug-likeness (QED) is 0.878. The maximum atomic E-state index is 11.7. The predicted molar refractivity (Wildman–Crippen MR) is 76.5 cm³/mol. The summed E-state index contributed by atoms with van der Waals surface area (Å²) in [7, 11) is 0. The van der Waals surface area contributed by atoms with Crippen LogP contribution in [0.2, 0.25) is 0 Å². The van der Waals surface area contributed by atoms with Gasteiger partial charge in [-0.15, -0.1) is 0 Å². The summed E-state index contributed by atoms with van der Waals surface area (Å²) in [6, 6.07) is 8.67. The van der Waals surface area contributed by atoms with Crippen LogP contribution in [-0.2, 0) is 4.79 Å². The number of pyridine rings is 1. The molecule has 2 rings (SSSR count). The van der Waals surface area contributed by atoms with Gasteiger partial charge in [0, 0.05) is 11.9 Å². The Morgan fingerprint density at radius 3 is 2.62 bits per heavy atom. The Morgan fingerprint density at radius 1 is 1.24 bits per heavy atom.